The van der Waals surface area contributed by atoms with Gasteiger partial charge in [-0.3, -0.25) is 14.6 Å². The summed E-state index contributed by atoms with van der Waals surface area (Å²) >= 11 is 0. The van der Waals surface area contributed by atoms with Gasteiger partial charge in [0.1, 0.15) is 17.5 Å². The van der Waals surface area contributed by atoms with Crippen LogP contribution in [-0.2, 0) is 17.6 Å². The summed E-state index contributed by atoms with van der Waals surface area (Å²) in [6, 6.07) is 3.31. The van der Waals surface area contributed by atoms with E-state index in [4.69, 9.17) is 9.47 Å². The lowest BCUT2D eigenvalue weighted by Crippen LogP contribution is -2.68. The first-order valence-corrected chi connectivity index (χ1v) is 14.2. The number of benzene rings is 2. The number of aromatic hydroxyl groups is 2. The van der Waals surface area contributed by atoms with E-state index >= 15 is 0 Å². The van der Waals surface area contributed by atoms with Crippen LogP contribution in [0.15, 0.2) is 6.07 Å². The smallest absolute Gasteiger partial charge is 0.231 e. The van der Waals surface area contributed by atoms with Gasteiger partial charge in [0.05, 0.1) is 18.2 Å². The largest absolute Gasteiger partial charge is 0.507 e. The first-order valence-electron chi connectivity index (χ1n) is 14.2. The number of rotatable bonds is 4. The number of piperazine rings is 1. The van der Waals surface area contributed by atoms with Crippen molar-refractivity contribution in [1.29, 1.82) is 5.26 Å². The maximum atomic E-state index is 12.9. The Balaban J connectivity index is 1.55. The standard InChI is InChI=1S/C31H38N4O5/c1-14(2)7-24(36)33-12-23-26-19(28(37)17(5)30-31(26)40-13-39-30)10-21-27-25-18(8-15(3)16(4)29(25)38)9-20(34(27)6)22(11-32)35(21)23/h8,14,20-23,27,37-38H,7,9-10,12-13H2,1-6H3,(H,33,36)/t20-,21?,22-,23-,27?/m0/s1. The maximum Gasteiger partial charge on any atom is 0.231 e. The van der Waals surface area contributed by atoms with Crippen molar-refractivity contribution < 1.29 is 24.5 Å². The van der Waals surface area contributed by atoms with Crippen LogP contribution in [0.3, 0.4) is 0 Å². The highest BCUT2D eigenvalue weighted by Crippen LogP contribution is 2.57. The summed E-state index contributed by atoms with van der Waals surface area (Å²) in [5, 5.41) is 36.7. The van der Waals surface area contributed by atoms with Gasteiger partial charge in [0, 0.05) is 47.3 Å². The summed E-state index contributed by atoms with van der Waals surface area (Å²) in [5.41, 5.74) is 6.03. The molecule has 9 heteroatoms. The Labute approximate surface area is 235 Å². The van der Waals surface area contributed by atoms with Gasteiger partial charge in [-0.05, 0) is 63.3 Å². The molecule has 0 saturated carbocycles. The Kier molecular flexibility index (Phi) is 6.39. The number of fused-ring (bicyclic) bond motifs is 9. The van der Waals surface area contributed by atoms with Crippen molar-refractivity contribution in [2.75, 3.05) is 20.4 Å². The normalized spacial score (nSPS) is 26.6. The number of aryl methyl sites for hydroxylation is 1. The highest BCUT2D eigenvalue weighted by Gasteiger charge is 2.56. The van der Waals surface area contributed by atoms with E-state index in [2.05, 4.69) is 27.3 Å². The molecule has 2 bridgehead atoms. The van der Waals surface area contributed by atoms with Crippen LogP contribution in [0.2, 0.25) is 0 Å². The third kappa shape index (κ3) is 3.76. The zero-order valence-corrected chi connectivity index (χ0v) is 24.0. The second-order valence-corrected chi connectivity index (χ2v) is 12.3. The summed E-state index contributed by atoms with van der Waals surface area (Å²) in [7, 11) is 2.04. The van der Waals surface area contributed by atoms with Crippen molar-refractivity contribution in [2.24, 2.45) is 5.92 Å². The molecule has 3 N–H and O–H groups in total. The third-order valence-corrected chi connectivity index (χ3v) is 9.55. The highest BCUT2D eigenvalue weighted by atomic mass is 16.7. The Hall–Kier alpha value is -3.48. The van der Waals surface area contributed by atoms with Crippen LogP contribution in [0.4, 0.5) is 0 Å². The minimum absolute atomic E-state index is 0.0530. The molecular weight excluding hydrogens is 508 g/mol. The van der Waals surface area contributed by atoms with Crippen molar-refractivity contribution in [3.05, 3.63) is 45.0 Å². The molecule has 0 radical (unpaired) electrons. The van der Waals surface area contributed by atoms with Crippen LogP contribution in [-0.4, -0.2) is 64.4 Å². The van der Waals surface area contributed by atoms with Gasteiger partial charge >= 0.3 is 0 Å². The van der Waals surface area contributed by atoms with Crippen LogP contribution >= 0.6 is 0 Å². The predicted molar refractivity (Wildman–Crippen MR) is 148 cm³/mol. The summed E-state index contributed by atoms with van der Waals surface area (Å²) in [4.78, 5) is 17.3. The van der Waals surface area contributed by atoms with Crippen molar-refractivity contribution in [3.8, 4) is 29.1 Å². The topological polar surface area (TPSA) is 118 Å². The number of phenolic OH excluding ortho intramolecular Hbond substituents is 2. The molecule has 1 saturated heterocycles. The molecule has 40 heavy (non-hydrogen) atoms. The lowest BCUT2D eigenvalue weighted by atomic mass is 9.71. The Bertz CT molecular complexity index is 1450. The number of nitrogens with zero attached hydrogens (tertiary/aromatic N) is 3. The SMILES string of the molecule is Cc1cc2c(c(O)c1C)C1C3Cc4c(O)c(C)c5c(c4[C@H](CNC(=O)CC(C)C)N3[C@@H](C#N)[C@H](C2)N1C)OCO5. The summed E-state index contributed by atoms with van der Waals surface area (Å²) < 4.78 is 11.8. The first kappa shape index (κ1) is 26.7. The molecule has 0 spiro atoms. The van der Waals surface area contributed by atoms with E-state index in [1.54, 1.807) is 0 Å². The Morgan fingerprint density at radius 2 is 1.82 bits per heavy atom. The van der Waals surface area contributed by atoms with Gasteiger partial charge in [-0.15, -0.1) is 0 Å². The molecule has 5 atom stereocenters. The van der Waals surface area contributed by atoms with Gasteiger partial charge in [0.2, 0.25) is 12.7 Å². The highest BCUT2D eigenvalue weighted by molar-refractivity contribution is 5.76. The molecule has 1 fully saturated rings. The van der Waals surface area contributed by atoms with Gasteiger partial charge < -0.3 is 25.0 Å². The number of hydrogen-bond acceptors (Lipinski definition) is 8. The van der Waals surface area contributed by atoms with Crippen molar-refractivity contribution in [3.63, 3.8) is 0 Å². The van der Waals surface area contributed by atoms with E-state index in [-0.39, 0.29) is 49.0 Å². The molecule has 0 aliphatic carbocycles. The zero-order valence-electron chi connectivity index (χ0n) is 24.0. The number of carbonyl (C=O) groups is 1. The molecule has 0 aromatic heterocycles. The fraction of sp³-hybridized carbons (Fsp3) is 0.548. The Morgan fingerprint density at radius 1 is 1.10 bits per heavy atom. The Morgan fingerprint density at radius 3 is 2.52 bits per heavy atom. The molecule has 2 aromatic carbocycles. The lowest BCUT2D eigenvalue weighted by molar-refractivity contribution is -0.122. The minimum Gasteiger partial charge on any atom is -0.507 e. The van der Waals surface area contributed by atoms with Crippen LogP contribution in [0.5, 0.6) is 23.0 Å². The van der Waals surface area contributed by atoms with E-state index in [9.17, 15) is 20.3 Å². The van der Waals surface area contributed by atoms with Crippen LogP contribution in [0.1, 0.15) is 71.3 Å². The van der Waals surface area contributed by atoms with Crippen molar-refractivity contribution >= 4 is 5.91 Å². The van der Waals surface area contributed by atoms with E-state index in [1.165, 1.54) is 0 Å². The van der Waals surface area contributed by atoms with Crippen LogP contribution < -0.4 is 14.8 Å². The van der Waals surface area contributed by atoms with Crippen molar-refractivity contribution in [1.82, 2.24) is 15.1 Å². The molecule has 4 heterocycles. The first-order chi connectivity index (χ1) is 19.0. The van der Waals surface area contributed by atoms with Crippen LogP contribution in [0, 0.1) is 38.0 Å². The number of hydrogen-bond donors (Lipinski definition) is 3. The quantitative estimate of drug-likeness (QED) is 0.532. The number of likely N-dealkylation sites (N-methyl/N-ethyl adjacent to an activating group) is 1. The monoisotopic (exact) mass is 546 g/mol. The van der Waals surface area contributed by atoms with Gasteiger partial charge in [0.15, 0.2) is 11.5 Å². The number of carbonyl (C=O) groups excluding carboxylic acids is 1. The summed E-state index contributed by atoms with van der Waals surface area (Å²) in [6.45, 7) is 10.1. The van der Waals surface area contributed by atoms with Gasteiger partial charge in [-0.2, -0.15) is 5.26 Å². The molecule has 4 aliphatic rings. The molecule has 9 nitrogen and oxygen atoms in total. The molecule has 2 unspecified atom stereocenters. The number of phenols is 2. The third-order valence-electron chi connectivity index (χ3n) is 9.55. The van der Waals surface area contributed by atoms with Gasteiger partial charge in [-0.25, -0.2) is 0 Å². The van der Waals surface area contributed by atoms with E-state index in [0.29, 0.717) is 42.1 Å². The molecule has 2 aromatic rings. The number of amides is 1. The fourth-order valence-electron chi connectivity index (χ4n) is 7.56. The fourth-order valence-corrected chi connectivity index (χ4v) is 7.56. The molecule has 1 amide bonds. The molecule has 4 aliphatic heterocycles. The van der Waals surface area contributed by atoms with Crippen LogP contribution in [0.25, 0.3) is 0 Å². The predicted octanol–water partition coefficient (Wildman–Crippen LogP) is 3.69. The molecule has 6 rings (SSSR count). The van der Waals surface area contributed by atoms with Gasteiger partial charge in [0.25, 0.3) is 0 Å². The van der Waals surface area contributed by atoms with Crippen molar-refractivity contribution in [2.45, 2.75) is 84.1 Å². The molecular formula is C31H38N4O5. The maximum absolute atomic E-state index is 12.9. The lowest BCUT2D eigenvalue weighted by Gasteiger charge is -2.60. The zero-order chi connectivity index (χ0) is 28.6. The second kappa shape index (κ2) is 9.57. The number of nitriles is 1. The average molecular weight is 547 g/mol. The van der Waals surface area contributed by atoms with E-state index in [1.807, 2.05) is 41.7 Å². The number of ether oxygens (including phenoxy) is 2. The van der Waals surface area contributed by atoms with E-state index in [0.717, 1.165) is 33.4 Å². The summed E-state index contributed by atoms with van der Waals surface area (Å²) in [5.74, 6) is 1.73. The number of nitrogens with one attached hydrogen (secondary N) is 1. The summed E-state index contributed by atoms with van der Waals surface area (Å²) in [6.07, 6.45) is 1.49. The van der Waals surface area contributed by atoms with Gasteiger partial charge in [-0.1, -0.05) is 19.9 Å². The average Bonchev–Trinajstić information content (AvgIpc) is 3.39. The molecule has 212 valence electrons. The minimum atomic E-state index is -0.482. The van der Waals surface area contributed by atoms with E-state index < -0.39 is 12.1 Å². The second-order valence-electron chi connectivity index (χ2n) is 12.3.